The van der Waals surface area contributed by atoms with Gasteiger partial charge < -0.3 is 0 Å². The Balaban J connectivity index is 1.83. The summed E-state index contributed by atoms with van der Waals surface area (Å²) in [6, 6.07) is 15.7. The fourth-order valence-corrected chi connectivity index (χ4v) is 3.76. The van der Waals surface area contributed by atoms with Crippen LogP contribution in [0.3, 0.4) is 0 Å². The topological polar surface area (TPSA) is 93.1 Å². The van der Waals surface area contributed by atoms with Gasteiger partial charge in [0.15, 0.2) is 0 Å². The summed E-state index contributed by atoms with van der Waals surface area (Å²) in [5.74, 6) is 0.334. The minimum atomic E-state index is -4.10. The van der Waals surface area contributed by atoms with Crippen LogP contribution in [-0.2, 0) is 10.0 Å². The Morgan fingerprint density at radius 2 is 1.73 bits per heavy atom. The molecule has 26 heavy (non-hydrogen) atoms. The predicted octanol–water partition coefficient (Wildman–Crippen LogP) is 3.34. The average Bonchev–Trinajstić information content (AvgIpc) is 2.95. The van der Waals surface area contributed by atoms with Crippen LogP contribution in [0.4, 0.5) is 10.6 Å². The molecule has 3 rings (SSSR count). The fourth-order valence-electron chi connectivity index (χ4n) is 2.34. The molecule has 0 atom stereocenters. The van der Waals surface area contributed by atoms with Gasteiger partial charge in [-0.3, -0.25) is 5.32 Å². The molecule has 2 N–H and O–H groups in total. The summed E-state index contributed by atoms with van der Waals surface area (Å²) < 4.78 is 28.1. The number of carbonyl (C=O) groups is 1. The lowest BCUT2D eigenvalue weighted by Crippen LogP contribution is -2.35. The molecule has 2 amide bonds. The van der Waals surface area contributed by atoms with Crippen LogP contribution < -0.4 is 10.0 Å². The molecular weight excluding hydrogens is 376 g/mol. The first-order valence-electron chi connectivity index (χ1n) is 7.57. The van der Waals surface area contributed by atoms with Crippen molar-refractivity contribution in [1.29, 1.82) is 0 Å². The maximum absolute atomic E-state index is 12.3. The maximum atomic E-state index is 12.3. The number of nitrogens with zero attached hydrogens (tertiary/aromatic N) is 2. The summed E-state index contributed by atoms with van der Waals surface area (Å²) in [6.07, 6.45) is 0. The Kier molecular flexibility index (Phi) is 4.97. The lowest BCUT2D eigenvalue weighted by Gasteiger charge is -2.11. The van der Waals surface area contributed by atoms with Gasteiger partial charge >= 0.3 is 6.03 Å². The number of rotatable bonds is 4. The average molecular weight is 391 g/mol. The van der Waals surface area contributed by atoms with E-state index in [1.807, 2.05) is 35.1 Å². The molecule has 0 saturated heterocycles. The summed E-state index contributed by atoms with van der Waals surface area (Å²) >= 11 is 5.90. The number of amides is 2. The smallest absolute Gasteiger partial charge is 0.291 e. The summed E-state index contributed by atoms with van der Waals surface area (Å²) in [5.41, 5.74) is 1.39. The number of urea groups is 1. The number of aromatic nitrogens is 2. The number of anilines is 1. The molecule has 3 aromatic rings. The Morgan fingerprint density at radius 3 is 2.42 bits per heavy atom. The Bertz CT molecular complexity index is 1050. The number of hydrogen-bond donors (Lipinski definition) is 2. The van der Waals surface area contributed by atoms with Gasteiger partial charge in [0.05, 0.1) is 16.4 Å². The Hall–Kier alpha value is -2.84. The Labute approximate surface area is 155 Å². The number of para-hydroxylation sites is 1. The summed E-state index contributed by atoms with van der Waals surface area (Å²) in [7, 11) is -4.10. The van der Waals surface area contributed by atoms with Crippen LogP contribution >= 0.6 is 11.6 Å². The first-order chi connectivity index (χ1) is 12.4. The molecule has 1 heterocycles. The van der Waals surface area contributed by atoms with Gasteiger partial charge in [0.2, 0.25) is 0 Å². The zero-order chi connectivity index (χ0) is 18.7. The van der Waals surface area contributed by atoms with Crippen molar-refractivity contribution in [2.45, 2.75) is 11.8 Å². The van der Waals surface area contributed by atoms with Crippen molar-refractivity contribution in [2.75, 3.05) is 5.32 Å². The SMILES string of the molecule is Cc1cc(NC(=O)NS(=O)(=O)c2ccccc2Cl)n(-c2ccccc2)n1. The number of benzene rings is 2. The summed E-state index contributed by atoms with van der Waals surface area (Å²) in [4.78, 5) is 12.0. The minimum absolute atomic E-state index is 0.0259. The van der Waals surface area contributed by atoms with Gasteiger partial charge in [0.25, 0.3) is 10.0 Å². The van der Waals surface area contributed by atoms with Gasteiger partial charge in [-0.25, -0.2) is 22.6 Å². The van der Waals surface area contributed by atoms with Crippen molar-refractivity contribution in [3.8, 4) is 5.69 Å². The summed E-state index contributed by atoms with van der Waals surface area (Å²) in [5, 5.41) is 6.84. The second-order valence-electron chi connectivity index (χ2n) is 5.41. The van der Waals surface area contributed by atoms with E-state index in [4.69, 9.17) is 11.6 Å². The molecule has 7 nitrogen and oxygen atoms in total. The zero-order valence-corrected chi connectivity index (χ0v) is 15.3. The van der Waals surface area contributed by atoms with E-state index in [1.54, 1.807) is 19.1 Å². The molecule has 9 heteroatoms. The van der Waals surface area contributed by atoms with E-state index in [-0.39, 0.29) is 9.92 Å². The van der Waals surface area contributed by atoms with Crippen LogP contribution in [0, 0.1) is 6.92 Å². The second-order valence-corrected chi connectivity index (χ2v) is 7.47. The van der Waals surface area contributed by atoms with Crippen LogP contribution in [0.15, 0.2) is 65.6 Å². The molecule has 0 unspecified atom stereocenters. The predicted molar refractivity (Wildman–Crippen MR) is 99.1 cm³/mol. The third-order valence-corrected chi connectivity index (χ3v) is 5.26. The molecule has 2 aromatic carbocycles. The minimum Gasteiger partial charge on any atom is -0.291 e. The largest absolute Gasteiger partial charge is 0.334 e. The quantitative estimate of drug-likeness (QED) is 0.714. The highest BCUT2D eigenvalue weighted by molar-refractivity contribution is 7.90. The third-order valence-electron chi connectivity index (χ3n) is 3.43. The second kappa shape index (κ2) is 7.19. The van der Waals surface area contributed by atoms with Crippen LogP contribution in [0.1, 0.15) is 5.69 Å². The monoisotopic (exact) mass is 390 g/mol. The van der Waals surface area contributed by atoms with Gasteiger partial charge in [-0.05, 0) is 31.2 Å². The van der Waals surface area contributed by atoms with Crippen molar-refractivity contribution < 1.29 is 13.2 Å². The third kappa shape index (κ3) is 3.87. The zero-order valence-electron chi connectivity index (χ0n) is 13.7. The van der Waals surface area contributed by atoms with Gasteiger partial charge in [-0.2, -0.15) is 5.10 Å². The molecule has 0 radical (unpaired) electrons. The van der Waals surface area contributed by atoms with Crippen LogP contribution in [0.5, 0.6) is 0 Å². The molecule has 0 saturated carbocycles. The number of carbonyl (C=O) groups excluding carboxylic acids is 1. The van der Waals surface area contributed by atoms with Gasteiger partial charge in [-0.15, -0.1) is 0 Å². The van der Waals surface area contributed by atoms with E-state index in [1.165, 1.54) is 22.9 Å². The molecule has 0 spiro atoms. The van der Waals surface area contributed by atoms with E-state index in [2.05, 4.69) is 10.4 Å². The van der Waals surface area contributed by atoms with Crippen LogP contribution in [0.25, 0.3) is 5.69 Å². The Morgan fingerprint density at radius 1 is 1.08 bits per heavy atom. The molecule has 1 aromatic heterocycles. The van der Waals surface area contributed by atoms with E-state index >= 15 is 0 Å². The van der Waals surface area contributed by atoms with Crippen LogP contribution in [0.2, 0.25) is 5.02 Å². The highest BCUT2D eigenvalue weighted by Crippen LogP contribution is 2.21. The van der Waals surface area contributed by atoms with Gasteiger partial charge in [-0.1, -0.05) is 41.9 Å². The van der Waals surface area contributed by atoms with Crippen molar-refractivity contribution >= 4 is 33.5 Å². The molecule has 0 fully saturated rings. The molecule has 0 aliphatic rings. The summed E-state index contributed by atoms with van der Waals surface area (Å²) in [6.45, 7) is 1.77. The molecule has 0 aliphatic carbocycles. The normalized spacial score (nSPS) is 11.2. The molecular formula is C17H15ClN4O3S. The molecule has 0 bridgehead atoms. The van der Waals surface area contributed by atoms with Crippen LogP contribution in [-0.4, -0.2) is 24.2 Å². The number of sulfonamides is 1. The number of hydrogen-bond acceptors (Lipinski definition) is 4. The van der Waals surface area contributed by atoms with Crippen molar-refractivity contribution in [3.05, 3.63) is 71.4 Å². The lowest BCUT2D eigenvalue weighted by atomic mass is 10.3. The highest BCUT2D eigenvalue weighted by atomic mass is 35.5. The highest BCUT2D eigenvalue weighted by Gasteiger charge is 2.21. The standard InChI is InChI=1S/C17H15ClN4O3S/c1-12-11-16(22(20-12)13-7-3-2-4-8-13)19-17(23)21-26(24,25)15-10-6-5-9-14(15)18/h2-11H,1H3,(H2,19,21,23). The number of nitrogens with one attached hydrogen (secondary N) is 2. The van der Waals surface area contributed by atoms with Crippen molar-refractivity contribution in [3.63, 3.8) is 0 Å². The fraction of sp³-hybridized carbons (Fsp3) is 0.0588. The lowest BCUT2D eigenvalue weighted by molar-refractivity contribution is 0.256. The number of aryl methyl sites for hydroxylation is 1. The first kappa shape index (κ1) is 18.0. The molecule has 0 aliphatic heterocycles. The maximum Gasteiger partial charge on any atom is 0.334 e. The number of halogens is 1. The van der Waals surface area contributed by atoms with Crippen molar-refractivity contribution in [1.82, 2.24) is 14.5 Å². The van der Waals surface area contributed by atoms with E-state index in [0.29, 0.717) is 11.5 Å². The molecule has 134 valence electrons. The first-order valence-corrected chi connectivity index (χ1v) is 9.43. The van der Waals surface area contributed by atoms with E-state index < -0.39 is 16.1 Å². The van der Waals surface area contributed by atoms with E-state index in [0.717, 1.165) is 5.69 Å². The van der Waals surface area contributed by atoms with Gasteiger partial charge in [0.1, 0.15) is 10.7 Å². The van der Waals surface area contributed by atoms with E-state index in [9.17, 15) is 13.2 Å². The van der Waals surface area contributed by atoms with Gasteiger partial charge in [0, 0.05) is 6.07 Å². The van der Waals surface area contributed by atoms with Crippen molar-refractivity contribution in [2.24, 2.45) is 0 Å².